The first-order valence-corrected chi connectivity index (χ1v) is 8.68. The van der Waals surface area contributed by atoms with Crippen LogP contribution in [-0.2, 0) is 13.1 Å². The van der Waals surface area contributed by atoms with Gasteiger partial charge >= 0.3 is 0 Å². The van der Waals surface area contributed by atoms with E-state index in [2.05, 4.69) is 26.4 Å². The molecule has 132 valence electrons. The van der Waals surface area contributed by atoms with Gasteiger partial charge in [-0.2, -0.15) is 0 Å². The van der Waals surface area contributed by atoms with E-state index in [9.17, 15) is 5.11 Å². The number of benzene rings is 1. The third-order valence-corrected chi connectivity index (χ3v) is 4.43. The molecule has 5 heteroatoms. The Balaban J connectivity index is 1.57. The fourth-order valence-corrected chi connectivity index (χ4v) is 3.17. The van der Waals surface area contributed by atoms with Crippen LogP contribution in [0.15, 0.2) is 83.7 Å². The van der Waals surface area contributed by atoms with Crippen LogP contribution in [0, 0.1) is 0 Å². The molecule has 5 nitrogen and oxygen atoms in total. The fourth-order valence-electron chi connectivity index (χ4n) is 3.17. The van der Waals surface area contributed by atoms with Crippen LogP contribution < -0.4 is 0 Å². The Hall–Kier alpha value is -2.89. The van der Waals surface area contributed by atoms with Gasteiger partial charge in [0.25, 0.3) is 0 Å². The number of nitrogens with zero attached hydrogens (tertiary/aromatic N) is 3. The van der Waals surface area contributed by atoms with Crippen LogP contribution in [-0.4, -0.2) is 25.9 Å². The largest absolute Gasteiger partial charge is 0.467 e. The summed E-state index contributed by atoms with van der Waals surface area (Å²) in [5.74, 6) is 0.584. The first kappa shape index (κ1) is 16.6. The lowest BCUT2D eigenvalue weighted by molar-refractivity contribution is 0.0865. The molecule has 4 rings (SSSR count). The molecular formula is C21H21N3O2. The predicted molar refractivity (Wildman–Crippen MR) is 99.4 cm³/mol. The molecule has 0 bridgehead atoms. The predicted octanol–water partition coefficient (Wildman–Crippen LogP) is 3.66. The molecule has 0 aliphatic rings. The fraction of sp³-hybridized carbons (Fsp3) is 0.190. The number of pyridine rings is 1. The van der Waals surface area contributed by atoms with Gasteiger partial charge in [0.1, 0.15) is 17.5 Å². The average molecular weight is 347 g/mol. The lowest BCUT2D eigenvalue weighted by Gasteiger charge is -2.24. The zero-order chi connectivity index (χ0) is 17.8. The highest BCUT2D eigenvalue weighted by Gasteiger charge is 2.18. The van der Waals surface area contributed by atoms with E-state index in [4.69, 9.17) is 4.42 Å². The standard InChI is InChI=1S/C21H21N3O2/c25-19(20-9-6-12-26-20)16-23(14-17-7-2-1-3-8-17)15-18-13-22-21-10-4-5-11-24(18)21/h1-13,19,25H,14-16H2. The highest BCUT2D eigenvalue weighted by molar-refractivity contribution is 5.39. The van der Waals surface area contributed by atoms with E-state index >= 15 is 0 Å². The molecule has 3 heterocycles. The van der Waals surface area contributed by atoms with E-state index in [0.29, 0.717) is 18.8 Å². The summed E-state index contributed by atoms with van der Waals surface area (Å²) in [5.41, 5.74) is 3.21. The van der Waals surface area contributed by atoms with Crippen molar-refractivity contribution in [2.75, 3.05) is 6.54 Å². The van der Waals surface area contributed by atoms with Gasteiger partial charge in [-0.05, 0) is 29.8 Å². The van der Waals surface area contributed by atoms with E-state index in [1.165, 1.54) is 5.56 Å². The zero-order valence-electron chi connectivity index (χ0n) is 14.4. The SMILES string of the molecule is OC(CN(Cc1ccccc1)Cc1cnc2ccccn12)c1ccco1. The van der Waals surface area contributed by atoms with E-state index in [-0.39, 0.29) is 0 Å². The molecule has 26 heavy (non-hydrogen) atoms. The Morgan fingerprint density at radius 1 is 1.00 bits per heavy atom. The second kappa shape index (κ2) is 7.56. The van der Waals surface area contributed by atoms with Crippen molar-refractivity contribution in [1.82, 2.24) is 14.3 Å². The number of furan rings is 1. The second-order valence-electron chi connectivity index (χ2n) is 6.36. The van der Waals surface area contributed by atoms with Gasteiger partial charge in [0.2, 0.25) is 0 Å². The molecule has 0 radical (unpaired) electrons. The minimum absolute atomic E-state index is 0.475. The third kappa shape index (κ3) is 3.69. The Labute approximate surface area is 152 Å². The second-order valence-corrected chi connectivity index (χ2v) is 6.36. The number of fused-ring (bicyclic) bond motifs is 1. The summed E-state index contributed by atoms with van der Waals surface area (Å²) in [4.78, 5) is 6.67. The molecule has 0 aliphatic heterocycles. The van der Waals surface area contributed by atoms with Crippen molar-refractivity contribution in [3.63, 3.8) is 0 Å². The van der Waals surface area contributed by atoms with Gasteiger partial charge in [0.05, 0.1) is 18.2 Å². The van der Waals surface area contributed by atoms with Gasteiger partial charge in [-0.15, -0.1) is 0 Å². The van der Waals surface area contributed by atoms with Crippen LogP contribution in [0.5, 0.6) is 0 Å². The molecule has 0 fully saturated rings. The van der Waals surface area contributed by atoms with E-state index < -0.39 is 6.10 Å². The summed E-state index contributed by atoms with van der Waals surface area (Å²) in [6.07, 6.45) is 4.83. The molecule has 0 amide bonds. The maximum Gasteiger partial charge on any atom is 0.136 e. The lowest BCUT2D eigenvalue weighted by Crippen LogP contribution is -2.28. The van der Waals surface area contributed by atoms with Crippen LogP contribution in [0.2, 0.25) is 0 Å². The maximum atomic E-state index is 10.5. The van der Waals surface area contributed by atoms with E-state index in [1.807, 2.05) is 48.8 Å². The number of aliphatic hydroxyl groups is 1. The Bertz CT molecular complexity index is 948. The topological polar surface area (TPSA) is 53.9 Å². The summed E-state index contributed by atoms with van der Waals surface area (Å²) < 4.78 is 7.44. The molecule has 0 aliphatic carbocycles. The summed E-state index contributed by atoms with van der Waals surface area (Å²) in [7, 11) is 0. The Kier molecular flexibility index (Phi) is 4.82. The number of hydrogen-bond acceptors (Lipinski definition) is 4. The van der Waals surface area contributed by atoms with Crippen LogP contribution in [0.4, 0.5) is 0 Å². The molecule has 1 aromatic carbocycles. The Morgan fingerprint density at radius 2 is 1.85 bits per heavy atom. The molecule has 0 saturated carbocycles. The quantitative estimate of drug-likeness (QED) is 0.554. The number of aliphatic hydroxyl groups excluding tert-OH is 1. The number of aromatic nitrogens is 2. The highest BCUT2D eigenvalue weighted by atomic mass is 16.4. The molecule has 1 atom stereocenters. The highest BCUT2D eigenvalue weighted by Crippen LogP contribution is 2.19. The van der Waals surface area contributed by atoms with Gasteiger partial charge in [-0.1, -0.05) is 36.4 Å². The summed E-state index contributed by atoms with van der Waals surface area (Å²) in [6.45, 7) is 1.89. The van der Waals surface area contributed by atoms with Crippen molar-refractivity contribution in [1.29, 1.82) is 0 Å². The normalized spacial score (nSPS) is 12.7. The smallest absolute Gasteiger partial charge is 0.136 e. The van der Waals surface area contributed by atoms with Crippen molar-refractivity contribution in [2.24, 2.45) is 0 Å². The summed E-state index contributed by atoms with van der Waals surface area (Å²) in [5, 5.41) is 10.5. The maximum absolute atomic E-state index is 10.5. The minimum atomic E-state index is -0.673. The van der Waals surface area contributed by atoms with Gasteiger partial charge in [-0.25, -0.2) is 4.98 Å². The van der Waals surface area contributed by atoms with Crippen LogP contribution in [0.25, 0.3) is 5.65 Å². The summed E-state index contributed by atoms with van der Waals surface area (Å²) in [6, 6.07) is 19.8. The average Bonchev–Trinajstić information content (AvgIpc) is 3.33. The van der Waals surface area contributed by atoms with Crippen molar-refractivity contribution in [3.8, 4) is 0 Å². The summed E-state index contributed by atoms with van der Waals surface area (Å²) >= 11 is 0. The van der Waals surface area contributed by atoms with Crippen LogP contribution in [0.3, 0.4) is 0 Å². The van der Waals surface area contributed by atoms with Crippen molar-refractivity contribution in [3.05, 3.63) is 96.3 Å². The van der Waals surface area contributed by atoms with Crippen molar-refractivity contribution in [2.45, 2.75) is 19.2 Å². The molecule has 1 N–H and O–H groups in total. The molecule has 0 spiro atoms. The van der Waals surface area contributed by atoms with Gasteiger partial charge in [0, 0.05) is 25.8 Å². The van der Waals surface area contributed by atoms with Gasteiger partial charge < -0.3 is 13.9 Å². The third-order valence-electron chi connectivity index (χ3n) is 4.43. The van der Waals surface area contributed by atoms with Gasteiger partial charge in [0.15, 0.2) is 0 Å². The number of rotatable bonds is 7. The van der Waals surface area contributed by atoms with E-state index in [1.54, 1.807) is 18.4 Å². The first-order chi connectivity index (χ1) is 12.8. The van der Waals surface area contributed by atoms with Crippen molar-refractivity contribution < 1.29 is 9.52 Å². The molecule has 1 unspecified atom stereocenters. The molecule has 4 aromatic rings. The molecular weight excluding hydrogens is 326 g/mol. The van der Waals surface area contributed by atoms with E-state index in [0.717, 1.165) is 17.9 Å². The van der Waals surface area contributed by atoms with Crippen molar-refractivity contribution >= 4 is 5.65 Å². The molecule has 3 aromatic heterocycles. The minimum Gasteiger partial charge on any atom is -0.467 e. The Morgan fingerprint density at radius 3 is 2.65 bits per heavy atom. The molecule has 0 saturated heterocycles. The first-order valence-electron chi connectivity index (χ1n) is 8.68. The number of imidazole rings is 1. The lowest BCUT2D eigenvalue weighted by atomic mass is 10.2. The monoisotopic (exact) mass is 347 g/mol. The number of hydrogen-bond donors (Lipinski definition) is 1. The zero-order valence-corrected chi connectivity index (χ0v) is 14.4. The van der Waals surface area contributed by atoms with Gasteiger partial charge in [-0.3, -0.25) is 4.90 Å². The van der Waals surface area contributed by atoms with Crippen LogP contribution in [0.1, 0.15) is 23.1 Å². The van der Waals surface area contributed by atoms with Crippen LogP contribution >= 0.6 is 0 Å².